The number of nitrogens with one attached hydrogen (secondary N) is 1. The second-order valence-corrected chi connectivity index (χ2v) is 4.08. The second kappa shape index (κ2) is 4.73. The number of nitrogens with zero attached hydrogens (tertiary/aromatic N) is 2. The van der Waals surface area contributed by atoms with Crippen LogP contribution in [0.5, 0.6) is 0 Å². The summed E-state index contributed by atoms with van der Waals surface area (Å²) in [5, 5.41) is 0.256. The van der Waals surface area contributed by atoms with E-state index in [2.05, 4.69) is 9.97 Å². The fraction of sp³-hybridized carbons (Fsp3) is 0.100. The Morgan fingerprint density at radius 1 is 1.35 bits per heavy atom. The Balaban J connectivity index is 2.44. The lowest BCUT2D eigenvalue weighted by atomic mass is 10.3. The van der Waals surface area contributed by atoms with Crippen molar-refractivity contribution in [2.24, 2.45) is 0 Å². The van der Waals surface area contributed by atoms with Gasteiger partial charge >= 0.3 is 5.69 Å². The van der Waals surface area contributed by atoms with Crippen molar-refractivity contribution in [2.75, 3.05) is 0 Å². The van der Waals surface area contributed by atoms with Crippen LogP contribution in [-0.2, 0) is 6.54 Å². The van der Waals surface area contributed by atoms with Crippen molar-refractivity contribution in [3.05, 3.63) is 61.1 Å². The van der Waals surface area contributed by atoms with Gasteiger partial charge in [0.05, 0.1) is 6.54 Å². The number of H-pyrrole nitrogens is 1. The molecule has 0 fully saturated rings. The van der Waals surface area contributed by atoms with Crippen LogP contribution in [0.15, 0.2) is 34.1 Å². The van der Waals surface area contributed by atoms with Gasteiger partial charge in [0.25, 0.3) is 5.56 Å². The number of hydrogen-bond acceptors (Lipinski definition) is 3. The molecule has 7 heteroatoms. The summed E-state index contributed by atoms with van der Waals surface area (Å²) in [5.41, 5.74) is -0.482. The molecule has 0 aliphatic carbocycles. The van der Waals surface area contributed by atoms with Crippen LogP contribution in [0.3, 0.4) is 0 Å². The lowest BCUT2D eigenvalue weighted by molar-refractivity contribution is 0.718. The summed E-state index contributed by atoms with van der Waals surface area (Å²) in [5.74, 6) is 0. The molecule has 0 aromatic carbocycles. The monoisotopic (exact) mass is 271 g/mol. The van der Waals surface area contributed by atoms with E-state index in [4.69, 9.17) is 23.2 Å². The lowest BCUT2D eigenvalue weighted by Gasteiger charge is -2.06. The predicted octanol–water partition coefficient (Wildman–Crippen LogP) is 1.29. The van der Waals surface area contributed by atoms with Crippen LogP contribution in [-0.4, -0.2) is 14.5 Å². The molecule has 17 heavy (non-hydrogen) atoms. The third kappa shape index (κ3) is 2.57. The summed E-state index contributed by atoms with van der Waals surface area (Å²) in [6, 6.07) is 3.44. The minimum atomic E-state index is -0.606. The molecule has 0 aliphatic heterocycles. The molecular weight excluding hydrogens is 265 g/mol. The third-order valence-electron chi connectivity index (χ3n) is 2.14. The van der Waals surface area contributed by atoms with Gasteiger partial charge in [-0.05, 0) is 6.07 Å². The van der Waals surface area contributed by atoms with E-state index in [0.717, 1.165) is 0 Å². The first-order valence-corrected chi connectivity index (χ1v) is 5.42. The molecule has 0 radical (unpaired) electrons. The molecule has 0 saturated carbocycles. The van der Waals surface area contributed by atoms with Gasteiger partial charge in [-0.25, -0.2) is 9.78 Å². The van der Waals surface area contributed by atoms with Gasteiger partial charge in [0, 0.05) is 18.0 Å². The van der Waals surface area contributed by atoms with Crippen molar-refractivity contribution in [1.29, 1.82) is 0 Å². The zero-order chi connectivity index (χ0) is 12.4. The van der Waals surface area contributed by atoms with E-state index in [1.54, 1.807) is 18.3 Å². The van der Waals surface area contributed by atoms with Crippen molar-refractivity contribution in [3.8, 4) is 0 Å². The Morgan fingerprint density at radius 2 is 2.12 bits per heavy atom. The number of rotatable bonds is 2. The van der Waals surface area contributed by atoms with E-state index in [1.807, 2.05) is 0 Å². The summed E-state index contributed by atoms with van der Waals surface area (Å²) in [4.78, 5) is 28.6. The van der Waals surface area contributed by atoms with Crippen LogP contribution in [0.2, 0.25) is 10.2 Å². The Bertz CT molecular complexity index is 663. The van der Waals surface area contributed by atoms with Crippen LogP contribution in [0.1, 0.15) is 5.56 Å². The molecule has 5 nitrogen and oxygen atoms in total. The second-order valence-electron chi connectivity index (χ2n) is 3.32. The molecule has 0 amide bonds. The van der Waals surface area contributed by atoms with E-state index in [-0.39, 0.29) is 11.6 Å². The van der Waals surface area contributed by atoms with Gasteiger partial charge in [-0.2, -0.15) is 0 Å². The molecule has 2 rings (SSSR count). The Hall–Kier alpha value is -1.59. The Labute approximate surface area is 106 Å². The first-order chi connectivity index (χ1) is 8.08. The van der Waals surface area contributed by atoms with Crippen molar-refractivity contribution in [2.45, 2.75) is 6.54 Å². The molecule has 0 unspecified atom stereocenters. The van der Waals surface area contributed by atoms with Crippen molar-refractivity contribution in [3.63, 3.8) is 0 Å². The summed E-state index contributed by atoms with van der Waals surface area (Å²) in [6.45, 7) is 0.196. The van der Waals surface area contributed by atoms with E-state index >= 15 is 0 Å². The van der Waals surface area contributed by atoms with Gasteiger partial charge in [0.2, 0.25) is 0 Å². The summed E-state index contributed by atoms with van der Waals surface area (Å²) < 4.78 is 1.26. The quantitative estimate of drug-likeness (QED) is 0.837. The highest BCUT2D eigenvalue weighted by atomic mass is 35.5. The fourth-order valence-electron chi connectivity index (χ4n) is 1.32. The van der Waals surface area contributed by atoms with E-state index < -0.39 is 11.2 Å². The highest BCUT2D eigenvalue weighted by Crippen LogP contribution is 2.12. The SMILES string of the molecule is O=c1[nH]c(=O)n(Cc2cccnc2Cl)cc1Cl. The maximum absolute atomic E-state index is 11.5. The van der Waals surface area contributed by atoms with Gasteiger partial charge in [0.1, 0.15) is 10.2 Å². The molecule has 0 saturated heterocycles. The van der Waals surface area contributed by atoms with Gasteiger partial charge in [-0.15, -0.1) is 0 Å². The minimum Gasteiger partial charge on any atom is -0.295 e. The van der Waals surface area contributed by atoms with E-state index in [9.17, 15) is 9.59 Å². The lowest BCUT2D eigenvalue weighted by Crippen LogP contribution is -2.30. The van der Waals surface area contributed by atoms with Crippen molar-refractivity contribution >= 4 is 23.2 Å². The number of aromatic nitrogens is 3. The van der Waals surface area contributed by atoms with Gasteiger partial charge in [0.15, 0.2) is 0 Å². The minimum absolute atomic E-state index is 0.0513. The molecule has 2 aromatic rings. The fourth-order valence-corrected chi connectivity index (χ4v) is 1.67. The summed E-state index contributed by atoms with van der Waals surface area (Å²) >= 11 is 11.5. The zero-order valence-corrected chi connectivity index (χ0v) is 10.00. The van der Waals surface area contributed by atoms with Crippen LogP contribution in [0.25, 0.3) is 0 Å². The molecule has 0 spiro atoms. The molecule has 0 bridgehead atoms. The number of aromatic amines is 1. The standard InChI is InChI=1S/C10H7Cl2N3O2/c11-7-5-15(10(17)14-9(7)16)4-6-2-1-3-13-8(6)12/h1-3,5H,4H2,(H,14,16,17). The average molecular weight is 272 g/mol. The number of hydrogen-bond donors (Lipinski definition) is 1. The predicted molar refractivity (Wildman–Crippen MR) is 64.7 cm³/mol. The van der Waals surface area contributed by atoms with Gasteiger partial charge in [-0.3, -0.25) is 14.3 Å². The van der Waals surface area contributed by atoms with Crippen molar-refractivity contribution in [1.82, 2.24) is 14.5 Å². The van der Waals surface area contributed by atoms with E-state index in [0.29, 0.717) is 10.7 Å². The van der Waals surface area contributed by atoms with Crippen LogP contribution >= 0.6 is 23.2 Å². The highest BCUT2D eigenvalue weighted by molar-refractivity contribution is 6.30. The van der Waals surface area contributed by atoms with Crippen molar-refractivity contribution < 1.29 is 0 Å². The molecule has 88 valence electrons. The molecule has 2 heterocycles. The summed E-state index contributed by atoms with van der Waals surface area (Å²) in [7, 11) is 0. The maximum Gasteiger partial charge on any atom is 0.328 e. The normalized spacial score (nSPS) is 10.5. The van der Waals surface area contributed by atoms with Crippen LogP contribution in [0, 0.1) is 0 Å². The van der Waals surface area contributed by atoms with Crippen LogP contribution in [0.4, 0.5) is 0 Å². The first kappa shape index (κ1) is 11.9. The molecule has 1 N–H and O–H groups in total. The molecule has 0 aliphatic rings. The average Bonchev–Trinajstić information content (AvgIpc) is 2.29. The smallest absolute Gasteiger partial charge is 0.295 e. The molecular formula is C10H7Cl2N3O2. The van der Waals surface area contributed by atoms with Gasteiger partial charge < -0.3 is 0 Å². The maximum atomic E-state index is 11.5. The number of pyridine rings is 1. The molecule has 2 aromatic heterocycles. The highest BCUT2D eigenvalue weighted by Gasteiger charge is 2.05. The third-order valence-corrected chi connectivity index (χ3v) is 2.75. The van der Waals surface area contributed by atoms with E-state index in [1.165, 1.54) is 10.8 Å². The topological polar surface area (TPSA) is 67.8 Å². The summed E-state index contributed by atoms with van der Waals surface area (Å²) in [6.07, 6.45) is 2.82. The number of halogens is 2. The Kier molecular flexibility index (Phi) is 3.31. The molecule has 0 atom stereocenters. The first-order valence-electron chi connectivity index (χ1n) is 4.66. The largest absolute Gasteiger partial charge is 0.328 e. The zero-order valence-electron chi connectivity index (χ0n) is 8.48. The van der Waals surface area contributed by atoms with Crippen LogP contribution < -0.4 is 11.2 Å². The Morgan fingerprint density at radius 3 is 2.82 bits per heavy atom. The van der Waals surface area contributed by atoms with Gasteiger partial charge in [-0.1, -0.05) is 29.3 Å².